The number of carbonyl (C=O) groups excluding carboxylic acids is 1. The summed E-state index contributed by atoms with van der Waals surface area (Å²) in [5, 5.41) is 2.96. The summed E-state index contributed by atoms with van der Waals surface area (Å²) in [5.74, 6) is 0.665. The number of hydrogen-bond acceptors (Lipinski definition) is 5. The normalized spacial score (nSPS) is 19.8. The van der Waals surface area contributed by atoms with Crippen molar-refractivity contribution in [3.8, 4) is 11.5 Å². The van der Waals surface area contributed by atoms with Crippen molar-refractivity contribution in [2.45, 2.75) is 31.2 Å². The second-order valence-corrected chi connectivity index (χ2v) is 9.63. The maximum Gasteiger partial charge on any atom is 0.243 e. The third-order valence-electron chi connectivity index (χ3n) is 5.50. The summed E-state index contributed by atoms with van der Waals surface area (Å²) in [4.78, 5) is 13.0. The minimum atomic E-state index is -3.77. The van der Waals surface area contributed by atoms with E-state index < -0.39 is 15.4 Å². The third kappa shape index (κ3) is 4.60. The molecule has 7 nitrogen and oxygen atoms in total. The Hall–Kier alpha value is -2.58. The molecule has 1 aliphatic heterocycles. The van der Waals surface area contributed by atoms with E-state index in [1.54, 1.807) is 6.07 Å². The van der Waals surface area contributed by atoms with E-state index >= 15 is 0 Å². The number of rotatable bonds is 7. The molecule has 1 atom stereocenters. The summed E-state index contributed by atoms with van der Waals surface area (Å²) in [7, 11) is -0.816. The van der Waals surface area contributed by atoms with Crippen LogP contribution in [-0.4, -0.2) is 45.9 Å². The maximum atomic E-state index is 13.2. The molecular formula is C22H28N2O5S. The van der Waals surface area contributed by atoms with Crippen LogP contribution in [0.4, 0.5) is 0 Å². The third-order valence-corrected chi connectivity index (χ3v) is 7.34. The Morgan fingerprint density at radius 2 is 1.80 bits per heavy atom. The average Bonchev–Trinajstić information content (AvgIpc) is 2.77. The monoisotopic (exact) mass is 432 g/mol. The zero-order valence-electron chi connectivity index (χ0n) is 17.6. The van der Waals surface area contributed by atoms with Gasteiger partial charge in [-0.3, -0.25) is 4.79 Å². The zero-order chi connectivity index (χ0) is 21.8. The van der Waals surface area contributed by atoms with Crippen LogP contribution in [0.1, 0.15) is 25.3 Å². The lowest BCUT2D eigenvalue weighted by Crippen LogP contribution is -2.51. The van der Waals surface area contributed by atoms with Gasteiger partial charge in [-0.1, -0.05) is 30.3 Å². The summed E-state index contributed by atoms with van der Waals surface area (Å²) in [6.07, 6.45) is 1.24. The first-order valence-corrected chi connectivity index (χ1v) is 11.3. The summed E-state index contributed by atoms with van der Waals surface area (Å²) in [6, 6.07) is 14.2. The molecule has 0 spiro atoms. The van der Waals surface area contributed by atoms with E-state index in [0.717, 1.165) is 5.56 Å². The van der Waals surface area contributed by atoms with E-state index in [9.17, 15) is 13.2 Å². The van der Waals surface area contributed by atoms with Crippen LogP contribution >= 0.6 is 0 Å². The molecule has 0 saturated carbocycles. The number of sulfonamides is 1. The minimum absolute atomic E-state index is 0.120. The SMILES string of the molecule is COc1ccc(S(=O)(=O)N2CCCC(C)(C(=O)NCc3ccccc3)C2)cc1OC. The average molecular weight is 433 g/mol. The zero-order valence-corrected chi connectivity index (χ0v) is 18.4. The number of piperidine rings is 1. The van der Waals surface area contributed by atoms with Gasteiger partial charge in [0.2, 0.25) is 15.9 Å². The van der Waals surface area contributed by atoms with E-state index in [2.05, 4.69) is 5.32 Å². The molecule has 0 bridgehead atoms. The van der Waals surface area contributed by atoms with Crippen molar-refractivity contribution < 1.29 is 22.7 Å². The molecule has 2 aromatic carbocycles. The lowest BCUT2D eigenvalue weighted by Gasteiger charge is -2.38. The molecule has 2 aromatic rings. The number of nitrogens with zero attached hydrogens (tertiary/aromatic N) is 1. The molecule has 0 radical (unpaired) electrons. The fourth-order valence-electron chi connectivity index (χ4n) is 3.70. The van der Waals surface area contributed by atoms with Crippen LogP contribution in [-0.2, 0) is 21.4 Å². The van der Waals surface area contributed by atoms with Crippen molar-refractivity contribution in [3.05, 3.63) is 54.1 Å². The van der Waals surface area contributed by atoms with Gasteiger partial charge >= 0.3 is 0 Å². The Bertz CT molecular complexity index is 994. The molecule has 162 valence electrons. The Balaban J connectivity index is 1.76. The summed E-state index contributed by atoms with van der Waals surface area (Å²) >= 11 is 0. The van der Waals surface area contributed by atoms with Gasteiger partial charge in [0.25, 0.3) is 0 Å². The van der Waals surface area contributed by atoms with Gasteiger partial charge in [0.1, 0.15) is 0 Å². The number of carbonyl (C=O) groups is 1. The first kappa shape index (κ1) is 22.1. The van der Waals surface area contributed by atoms with Crippen LogP contribution in [0.25, 0.3) is 0 Å². The molecule has 3 rings (SSSR count). The highest BCUT2D eigenvalue weighted by atomic mass is 32.2. The number of hydrogen-bond donors (Lipinski definition) is 1. The Labute approximate surface area is 178 Å². The first-order valence-electron chi connectivity index (χ1n) is 9.84. The Kier molecular flexibility index (Phi) is 6.67. The molecular weight excluding hydrogens is 404 g/mol. The Morgan fingerprint density at radius 3 is 2.47 bits per heavy atom. The van der Waals surface area contributed by atoms with Crippen molar-refractivity contribution in [3.63, 3.8) is 0 Å². The van der Waals surface area contributed by atoms with Gasteiger partial charge in [-0.15, -0.1) is 0 Å². The largest absolute Gasteiger partial charge is 0.493 e. The fourth-order valence-corrected chi connectivity index (χ4v) is 5.32. The fraction of sp³-hybridized carbons (Fsp3) is 0.409. The molecule has 0 aliphatic carbocycles. The first-order chi connectivity index (χ1) is 14.3. The highest BCUT2D eigenvalue weighted by Crippen LogP contribution is 2.35. The Morgan fingerprint density at radius 1 is 1.10 bits per heavy atom. The summed E-state index contributed by atoms with van der Waals surface area (Å²) < 4.78 is 38.3. The lowest BCUT2D eigenvalue weighted by atomic mass is 9.82. The predicted molar refractivity (Wildman–Crippen MR) is 114 cm³/mol. The van der Waals surface area contributed by atoms with Gasteiger partial charge in [0, 0.05) is 25.7 Å². The number of nitrogens with one attached hydrogen (secondary N) is 1. The second kappa shape index (κ2) is 9.06. The topological polar surface area (TPSA) is 84.9 Å². The van der Waals surface area contributed by atoms with E-state index in [-0.39, 0.29) is 17.3 Å². The molecule has 1 unspecified atom stereocenters. The molecule has 1 amide bonds. The molecule has 1 heterocycles. The standard InChI is InChI=1S/C22H28N2O5S/c1-22(21(25)23-15-17-8-5-4-6-9-17)12-7-13-24(16-22)30(26,27)18-10-11-19(28-2)20(14-18)29-3/h4-6,8-11,14H,7,12-13,15-16H2,1-3H3,(H,23,25). The van der Waals surface area contributed by atoms with Crippen LogP contribution in [0.3, 0.4) is 0 Å². The predicted octanol–water partition coefficient (Wildman–Crippen LogP) is 2.81. The van der Waals surface area contributed by atoms with Gasteiger partial charge < -0.3 is 14.8 Å². The molecule has 1 saturated heterocycles. The van der Waals surface area contributed by atoms with Gasteiger partial charge in [0.15, 0.2) is 11.5 Å². The molecule has 0 aromatic heterocycles. The van der Waals surface area contributed by atoms with Crippen molar-refractivity contribution in [1.29, 1.82) is 0 Å². The quantitative estimate of drug-likeness (QED) is 0.727. The molecule has 8 heteroatoms. The van der Waals surface area contributed by atoms with Crippen molar-refractivity contribution in [2.75, 3.05) is 27.3 Å². The van der Waals surface area contributed by atoms with E-state index in [4.69, 9.17) is 9.47 Å². The second-order valence-electron chi connectivity index (χ2n) is 7.69. The number of amides is 1. The lowest BCUT2D eigenvalue weighted by molar-refractivity contribution is -0.132. The molecule has 1 aliphatic rings. The van der Waals surface area contributed by atoms with Crippen LogP contribution < -0.4 is 14.8 Å². The molecule has 30 heavy (non-hydrogen) atoms. The highest BCUT2D eigenvalue weighted by molar-refractivity contribution is 7.89. The van der Waals surface area contributed by atoms with Crippen molar-refractivity contribution in [2.24, 2.45) is 5.41 Å². The van der Waals surface area contributed by atoms with Gasteiger partial charge in [-0.05, 0) is 37.5 Å². The van der Waals surface area contributed by atoms with Gasteiger partial charge in [-0.2, -0.15) is 4.31 Å². The molecule has 1 fully saturated rings. The molecule has 1 N–H and O–H groups in total. The highest BCUT2D eigenvalue weighted by Gasteiger charge is 2.42. The number of benzene rings is 2. The number of ether oxygens (including phenoxy) is 2. The number of methoxy groups -OCH3 is 2. The van der Waals surface area contributed by atoms with Gasteiger partial charge in [-0.25, -0.2) is 8.42 Å². The maximum absolute atomic E-state index is 13.2. The van der Waals surface area contributed by atoms with Crippen LogP contribution in [0.2, 0.25) is 0 Å². The van der Waals surface area contributed by atoms with Crippen molar-refractivity contribution in [1.82, 2.24) is 9.62 Å². The van der Waals surface area contributed by atoms with Crippen LogP contribution in [0.5, 0.6) is 11.5 Å². The van der Waals surface area contributed by atoms with E-state index in [1.165, 1.54) is 30.7 Å². The van der Waals surface area contributed by atoms with Crippen LogP contribution in [0.15, 0.2) is 53.4 Å². The van der Waals surface area contributed by atoms with Crippen molar-refractivity contribution >= 4 is 15.9 Å². The van der Waals surface area contributed by atoms with E-state index in [1.807, 2.05) is 37.3 Å². The van der Waals surface area contributed by atoms with Crippen LogP contribution in [0, 0.1) is 5.41 Å². The minimum Gasteiger partial charge on any atom is -0.493 e. The van der Waals surface area contributed by atoms with Gasteiger partial charge in [0.05, 0.1) is 24.5 Å². The summed E-state index contributed by atoms with van der Waals surface area (Å²) in [6.45, 7) is 2.74. The van der Waals surface area contributed by atoms with E-state index in [0.29, 0.717) is 37.4 Å². The smallest absolute Gasteiger partial charge is 0.243 e. The summed E-state index contributed by atoms with van der Waals surface area (Å²) in [5.41, 5.74) is 0.205.